The minimum atomic E-state index is -1.69. The van der Waals surface area contributed by atoms with Gasteiger partial charge in [0.25, 0.3) is 0 Å². The Bertz CT molecular complexity index is 1830. The molecule has 0 aliphatic heterocycles. The van der Waals surface area contributed by atoms with Crippen LogP contribution in [0.3, 0.4) is 0 Å². The number of unbranched alkanes of at least 4 members (excludes halogenated alkanes) is 12. The Morgan fingerprint density at radius 2 is 0.378 bits per heavy atom. The van der Waals surface area contributed by atoms with Gasteiger partial charge < -0.3 is 0 Å². The molecule has 462 valence electrons. The number of hydrogen-bond donors (Lipinski definition) is 0. The summed E-state index contributed by atoms with van der Waals surface area (Å²) in [5, 5.41) is 13.3. The molecule has 0 bridgehead atoms. The largest absolute Gasteiger partial charge is 0.242 e. The van der Waals surface area contributed by atoms with Crippen molar-refractivity contribution in [2.75, 3.05) is 0 Å². The average Bonchev–Trinajstić information content (AvgIpc) is 3.07. The van der Waals surface area contributed by atoms with Gasteiger partial charge in [0, 0.05) is 22.2 Å². The highest BCUT2D eigenvalue weighted by Crippen LogP contribution is 2.56. The highest BCUT2D eigenvalue weighted by atomic mass is 31.2. The van der Waals surface area contributed by atoms with Gasteiger partial charge in [-0.15, -0.1) is 0 Å². The Kier molecular flexibility index (Phi) is 35.8. The Morgan fingerprint density at radius 3 is 0.488 bits per heavy atom. The second-order valence-corrected chi connectivity index (χ2v) is 49.6. The summed E-state index contributed by atoms with van der Waals surface area (Å²) in [4.78, 5) is 0. The van der Waals surface area contributed by atoms with Crippen LogP contribution in [0.25, 0.3) is 0 Å². The van der Waals surface area contributed by atoms with Gasteiger partial charge in [0.2, 0.25) is 0 Å². The molecular weight excluding hydrogens is 1090 g/mol. The van der Waals surface area contributed by atoms with Crippen molar-refractivity contribution in [3.05, 3.63) is 97.1 Å². The van der Waals surface area contributed by atoms with E-state index in [1.807, 2.05) is 0 Å². The molecule has 0 unspecified atom stereocenters. The first kappa shape index (κ1) is 73.0. The van der Waals surface area contributed by atoms with Crippen LogP contribution in [0.2, 0.25) is 72.5 Å². The summed E-state index contributed by atoms with van der Waals surface area (Å²) in [6.45, 7) is 34.3. The summed E-state index contributed by atoms with van der Waals surface area (Å²) in [5.41, 5.74) is 0. The van der Waals surface area contributed by atoms with Crippen LogP contribution in [-0.2, 0) is 0 Å². The molecule has 0 atom stereocenters. The van der Waals surface area contributed by atoms with E-state index in [2.05, 4.69) is 198 Å². The van der Waals surface area contributed by atoms with E-state index in [0.717, 1.165) is 0 Å². The Labute approximate surface area is 518 Å². The van der Waals surface area contributed by atoms with Gasteiger partial charge in [-0.3, -0.25) is 0 Å². The topological polar surface area (TPSA) is 3.24 Å². The lowest BCUT2D eigenvalue weighted by atomic mass is 10.3. The second-order valence-electron chi connectivity index (χ2n) is 26.6. The summed E-state index contributed by atoms with van der Waals surface area (Å²) in [6, 6.07) is 61.3. The monoisotopic (exact) mass is 1220 g/mol. The van der Waals surface area contributed by atoms with Crippen molar-refractivity contribution in [2.24, 2.45) is 0 Å². The minimum Gasteiger partial charge on any atom is -0.242 e. The first-order valence-electron chi connectivity index (χ1n) is 35.7. The molecule has 1 nitrogen and oxygen atoms in total. The molecule has 4 rings (SSSR count). The van der Waals surface area contributed by atoms with Crippen molar-refractivity contribution in [1.82, 2.24) is 4.44 Å². The van der Waals surface area contributed by atoms with Crippen molar-refractivity contribution in [3.8, 4) is 0 Å². The van der Waals surface area contributed by atoms with Gasteiger partial charge in [0.15, 0.2) is 0 Å². The second kappa shape index (κ2) is 40.2. The minimum absolute atomic E-state index is 0.342. The molecule has 0 heterocycles. The molecule has 0 aromatic heterocycles. The van der Waals surface area contributed by atoms with Gasteiger partial charge >= 0.3 is 0 Å². The number of hydrogen-bond acceptors (Lipinski definition) is 1. The van der Waals surface area contributed by atoms with E-state index in [4.69, 9.17) is 0 Å². The maximum Gasteiger partial charge on any atom is 0.0867 e. The van der Waals surface area contributed by atoms with Gasteiger partial charge in [-0.05, 0) is 35.1 Å². The molecule has 4 aromatic rings. The third-order valence-corrected chi connectivity index (χ3v) is 47.8. The highest BCUT2D eigenvalue weighted by molar-refractivity contribution is 7.84. The summed E-state index contributed by atoms with van der Waals surface area (Å²) in [5.74, 6) is 0. The van der Waals surface area contributed by atoms with E-state index in [9.17, 15) is 0 Å². The quantitative estimate of drug-likeness (QED) is 0.0315. The summed E-state index contributed by atoms with van der Waals surface area (Å²) in [7, 11) is -8.58. The number of rotatable bonds is 47. The summed E-state index contributed by atoms with van der Waals surface area (Å²) < 4.78 is 3.15. The summed E-state index contributed by atoms with van der Waals surface area (Å²) in [6.07, 6.45) is 32.2. The molecule has 0 amide bonds. The van der Waals surface area contributed by atoms with Crippen LogP contribution in [0.5, 0.6) is 0 Å². The molecule has 0 radical (unpaired) electrons. The molecule has 82 heavy (non-hydrogen) atoms. The Morgan fingerprint density at radius 1 is 0.244 bits per heavy atom. The van der Waals surface area contributed by atoms with Crippen molar-refractivity contribution in [3.63, 3.8) is 0 Å². The Hall–Kier alpha value is -1.43. The molecule has 7 heteroatoms. The van der Waals surface area contributed by atoms with Crippen molar-refractivity contribution >= 4 is 90.4 Å². The third-order valence-electron chi connectivity index (χ3n) is 19.9. The van der Waals surface area contributed by atoms with Crippen LogP contribution in [0.15, 0.2) is 97.1 Å². The lowest BCUT2D eigenvalue weighted by Gasteiger charge is -2.42. The number of benzene rings is 4. The van der Waals surface area contributed by atoms with E-state index in [-0.39, 0.29) is 0 Å². The third kappa shape index (κ3) is 20.9. The van der Waals surface area contributed by atoms with E-state index in [1.54, 1.807) is 42.0 Å². The van der Waals surface area contributed by atoms with E-state index >= 15 is 0 Å². The fourth-order valence-electron chi connectivity index (χ4n) is 14.6. The molecule has 0 fully saturated rings. The first-order chi connectivity index (χ1) is 39.9. The maximum absolute atomic E-state index is 3.15. The lowest BCUT2D eigenvalue weighted by molar-refractivity contribution is 0.583. The molecule has 0 N–H and O–H groups in total. The fraction of sp³-hybridized carbons (Fsp3) is 0.680. The van der Waals surface area contributed by atoms with E-state index in [1.165, 1.54) is 227 Å². The SMILES string of the molecule is CCCC[Si](CCCC)(CCCC)c1ccc(P(c2ccc([Si](CCCC)(CCCC)CCCC)cc2)N(C(C)C)P(c2ccc([Si](CCCC)(CCCC)CCCC)cc2)c2ccc([Si](CCCC)(CCCC)CCCC)cc2)cc1. The van der Waals surface area contributed by atoms with Crippen LogP contribution in [0, 0.1) is 0 Å². The van der Waals surface area contributed by atoms with Crippen LogP contribution in [0.4, 0.5) is 0 Å². The van der Waals surface area contributed by atoms with Crippen LogP contribution >= 0.6 is 16.1 Å². The normalized spacial score (nSPS) is 12.8. The molecule has 0 spiro atoms. The van der Waals surface area contributed by atoms with Crippen LogP contribution in [-0.4, -0.2) is 42.8 Å². The summed E-state index contributed by atoms with van der Waals surface area (Å²) >= 11 is 0. The van der Waals surface area contributed by atoms with E-state index < -0.39 is 48.4 Å². The molecule has 0 aliphatic carbocycles. The first-order valence-corrected chi connectivity index (χ1v) is 48.8. The average molecular weight is 1220 g/mol. The fourth-order valence-corrected chi connectivity index (χ4v) is 43.0. The van der Waals surface area contributed by atoms with Gasteiger partial charge in [0.1, 0.15) is 0 Å². The number of nitrogens with zero attached hydrogens (tertiary/aromatic N) is 1. The van der Waals surface area contributed by atoms with Crippen molar-refractivity contribution < 1.29 is 0 Å². The molecule has 0 saturated heterocycles. The van der Waals surface area contributed by atoms with Gasteiger partial charge in [0.05, 0.1) is 32.3 Å². The van der Waals surface area contributed by atoms with Crippen molar-refractivity contribution in [2.45, 2.75) is 330 Å². The van der Waals surface area contributed by atoms with Crippen LogP contribution < -0.4 is 42.0 Å². The Balaban J connectivity index is 2.16. The molecule has 4 aromatic carbocycles. The molecule has 0 aliphatic rings. The standard InChI is InChI=1S/C75H131NP2Si4/c1-15-27-55-79(56-28-16-2,57-29-17-3)72-47-39-68(40-48-72)77(69-41-49-73(50-42-69)80(58-30-18-4,59-31-19-5)60-32-20-6)76(67(13)14)78(70-43-51-74(52-44-70)81(61-33-21-7,62-34-22-8)63-35-23-9)71-45-53-75(54-46-71)82(64-36-24-10,65-37-25-11)66-38-26-12/h39-54,67H,15-38,55-66H2,1-14H3. The predicted molar refractivity (Wildman–Crippen MR) is 393 cm³/mol. The van der Waals surface area contributed by atoms with Gasteiger partial charge in [-0.2, -0.15) is 0 Å². The predicted octanol–water partition coefficient (Wildman–Crippen LogP) is 22.0. The smallest absolute Gasteiger partial charge is 0.0867 e. The molecular formula is C75H131NP2Si4. The zero-order valence-electron chi connectivity index (χ0n) is 56.6. The van der Waals surface area contributed by atoms with Gasteiger partial charge in [-0.1, -0.05) is 428 Å². The molecule has 0 saturated carbocycles. The van der Waals surface area contributed by atoms with Crippen molar-refractivity contribution in [1.29, 1.82) is 0 Å². The van der Waals surface area contributed by atoms with Gasteiger partial charge in [-0.25, -0.2) is 4.44 Å². The maximum atomic E-state index is 3.15. The lowest BCUT2D eigenvalue weighted by Crippen LogP contribution is -2.48. The zero-order chi connectivity index (χ0) is 59.7. The highest BCUT2D eigenvalue weighted by Gasteiger charge is 2.40. The van der Waals surface area contributed by atoms with E-state index in [0.29, 0.717) is 6.04 Å². The van der Waals surface area contributed by atoms with Crippen LogP contribution in [0.1, 0.15) is 251 Å². The zero-order valence-corrected chi connectivity index (χ0v) is 62.4.